The standard InChI is InChI=1S/C5H5N5O.C5H4N4/c6-3-2-4(8-1-7-3)10-5(11)9-2;1-4-5(8-2-6-1)9-3-7-4/h1H,(H4,6,7,8,9,10,11);1-3H,(H,6,7,8,9). The van der Waals surface area contributed by atoms with Gasteiger partial charge >= 0.3 is 5.69 Å². The first-order valence-corrected chi connectivity index (χ1v) is 5.51. The molecule has 0 saturated carbocycles. The minimum absolute atomic E-state index is 0.272. The minimum Gasteiger partial charge on any atom is -0.382 e. The van der Waals surface area contributed by atoms with Crippen molar-refractivity contribution in [1.82, 2.24) is 39.9 Å². The number of hydrogen-bond acceptors (Lipinski definition) is 7. The lowest BCUT2D eigenvalue weighted by Gasteiger charge is -1.89. The summed E-state index contributed by atoms with van der Waals surface area (Å²) in [5, 5.41) is 0. The molecule has 0 aliphatic heterocycles. The van der Waals surface area contributed by atoms with Crippen LogP contribution in [0.3, 0.4) is 0 Å². The van der Waals surface area contributed by atoms with Crippen molar-refractivity contribution in [3.63, 3.8) is 0 Å². The molecule has 0 amide bonds. The monoisotopic (exact) mass is 271 g/mol. The number of hydrogen-bond donors (Lipinski definition) is 4. The van der Waals surface area contributed by atoms with Gasteiger partial charge in [0.15, 0.2) is 17.1 Å². The summed E-state index contributed by atoms with van der Waals surface area (Å²) in [4.78, 5) is 37.6. The van der Waals surface area contributed by atoms with Crippen LogP contribution < -0.4 is 11.4 Å². The van der Waals surface area contributed by atoms with Crippen LogP contribution in [0.15, 0.2) is 30.0 Å². The van der Waals surface area contributed by atoms with E-state index in [9.17, 15) is 4.79 Å². The molecule has 0 aliphatic carbocycles. The fourth-order valence-corrected chi connectivity index (χ4v) is 1.56. The van der Waals surface area contributed by atoms with Crippen LogP contribution in [0.25, 0.3) is 22.3 Å². The summed E-state index contributed by atoms with van der Waals surface area (Å²) in [5.41, 5.74) is 7.58. The topological polar surface area (TPSA) is 155 Å². The van der Waals surface area contributed by atoms with E-state index >= 15 is 0 Å². The zero-order chi connectivity index (χ0) is 13.9. The predicted octanol–water partition coefficient (Wildman–Crippen LogP) is -0.419. The van der Waals surface area contributed by atoms with E-state index in [-0.39, 0.29) is 11.5 Å². The number of H-pyrrole nitrogens is 3. The Hall–Kier alpha value is -3.30. The highest BCUT2D eigenvalue weighted by Crippen LogP contribution is 2.07. The van der Waals surface area contributed by atoms with E-state index in [0.29, 0.717) is 16.8 Å². The van der Waals surface area contributed by atoms with E-state index in [0.717, 1.165) is 5.52 Å². The summed E-state index contributed by atoms with van der Waals surface area (Å²) in [6, 6.07) is 0. The molecule has 0 aromatic carbocycles. The van der Waals surface area contributed by atoms with E-state index in [1.165, 1.54) is 12.7 Å². The van der Waals surface area contributed by atoms with E-state index in [2.05, 4.69) is 39.9 Å². The first-order valence-electron chi connectivity index (χ1n) is 5.51. The normalized spacial score (nSPS) is 10.4. The molecule has 4 heterocycles. The first-order chi connectivity index (χ1) is 9.74. The van der Waals surface area contributed by atoms with Gasteiger partial charge in [-0.2, -0.15) is 0 Å². The largest absolute Gasteiger partial charge is 0.382 e. The highest BCUT2D eigenvalue weighted by molar-refractivity contribution is 5.80. The molecule has 10 nitrogen and oxygen atoms in total. The van der Waals surface area contributed by atoms with Crippen molar-refractivity contribution < 1.29 is 0 Å². The molecule has 0 spiro atoms. The Kier molecular flexibility index (Phi) is 2.80. The lowest BCUT2D eigenvalue weighted by molar-refractivity contribution is 1.19. The third-order valence-corrected chi connectivity index (χ3v) is 2.45. The number of nitrogens with two attached hydrogens (primary N) is 1. The molecular weight excluding hydrogens is 262 g/mol. The summed E-state index contributed by atoms with van der Waals surface area (Å²) in [7, 11) is 0. The van der Waals surface area contributed by atoms with Gasteiger partial charge in [0, 0.05) is 0 Å². The van der Waals surface area contributed by atoms with Crippen LogP contribution in [0.5, 0.6) is 0 Å². The van der Waals surface area contributed by atoms with Crippen LogP contribution >= 0.6 is 0 Å². The van der Waals surface area contributed by atoms with Crippen LogP contribution in [-0.4, -0.2) is 39.9 Å². The summed E-state index contributed by atoms with van der Waals surface area (Å²) >= 11 is 0. The van der Waals surface area contributed by atoms with Gasteiger partial charge in [-0.05, 0) is 0 Å². The third-order valence-electron chi connectivity index (χ3n) is 2.45. The molecule has 5 N–H and O–H groups in total. The van der Waals surface area contributed by atoms with E-state index in [1.807, 2.05) is 0 Å². The fraction of sp³-hybridized carbons (Fsp3) is 0. The molecule has 4 aromatic heterocycles. The number of rotatable bonds is 0. The number of aromatic nitrogens is 8. The molecule has 4 aromatic rings. The molecule has 0 atom stereocenters. The number of fused-ring (bicyclic) bond motifs is 2. The Morgan fingerprint density at radius 2 is 1.95 bits per heavy atom. The Labute approximate surface area is 110 Å². The lowest BCUT2D eigenvalue weighted by atomic mass is 10.5. The summed E-state index contributed by atoms with van der Waals surface area (Å²) < 4.78 is 0. The van der Waals surface area contributed by atoms with Crippen molar-refractivity contribution in [2.45, 2.75) is 0 Å². The number of anilines is 1. The Morgan fingerprint density at radius 1 is 1.05 bits per heavy atom. The van der Waals surface area contributed by atoms with Gasteiger partial charge in [-0.25, -0.2) is 29.7 Å². The van der Waals surface area contributed by atoms with Crippen LogP contribution in [0.4, 0.5) is 5.82 Å². The molecule has 0 saturated heterocycles. The van der Waals surface area contributed by atoms with Gasteiger partial charge in [0.25, 0.3) is 0 Å². The summed E-state index contributed by atoms with van der Waals surface area (Å²) in [6.45, 7) is 0. The van der Waals surface area contributed by atoms with Crippen molar-refractivity contribution in [3.05, 3.63) is 35.7 Å². The fourth-order valence-electron chi connectivity index (χ4n) is 1.56. The van der Waals surface area contributed by atoms with Crippen molar-refractivity contribution in [1.29, 1.82) is 0 Å². The number of nitrogens with zero attached hydrogens (tertiary/aromatic N) is 5. The second kappa shape index (κ2) is 4.76. The molecule has 10 heteroatoms. The highest BCUT2D eigenvalue weighted by Gasteiger charge is 2.01. The van der Waals surface area contributed by atoms with E-state index in [1.54, 1.807) is 12.5 Å². The zero-order valence-electron chi connectivity index (χ0n) is 10.0. The highest BCUT2D eigenvalue weighted by atomic mass is 16.1. The average Bonchev–Trinajstić information content (AvgIpc) is 3.05. The van der Waals surface area contributed by atoms with Gasteiger partial charge in [-0.15, -0.1) is 0 Å². The second-order valence-corrected chi connectivity index (χ2v) is 3.72. The molecule has 100 valence electrons. The average molecular weight is 271 g/mol. The van der Waals surface area contributed by atoms with Gasteiger partial charge in [0.1, 0.15) is 23.7 Å². The maximum Gasteiger partial charge on any atom is 0.325 e. The number of imidazole rings is 2. The van der Waals surface area contributed by atoms with Gasteiger partial charge < -0.3 is 15.7 Å². The van der Waals surface area contributed by atoms with Gasteiger partial charge in [0.2, 0.25) is 0 Å². The Morgan fingerprint density at radius 3 is 2.75 bits per heavy atom. The maximum atomic E-state index is 10.7. The lowest BCUT2D eigenvalue weighted by Crippen LogP contribution is -1.99. The predicted molar refractivity (Wildman–Crippen MR) is 70.6 cm³/mol. The van der Waals surface area contributed by atoms with Crippen LogP contribution in [0.1, 0.15) is 0 Å². The molecule has 0 radical (unpaired) electrons. The van der Waals surface area contributed by atoms with Crippen molar-refractivity contribution in [3.8, 4) is 0 Å². The number of nitrogens with one attached hydrogen (secondary N) is 3. The molecule has 0 bridgehead atoms. The minimum atomic E-state index is -0.327. The SMILES string of the molecule is Nc1ncnc2[nH]c(=O)[nH]c12.c1ncc2[nH]cnc2n1. The smallest absolute Gasteiger partial charge is 0.325 e. The first kappa shape index (κ1) is 11.8. The third kappa shape index (κ3) is 2.16. The Balaban J connectivity index is 0.000000123. The van der Waals surface area contributed by atoms with Gasteiger partial charge in [-0.3, -0.25) is 4.98 Å². The summed E-state index contributed by atoms with van der Waals surface area (Å²) in [5.74, 6) is 0.272. The Bertz CT molecular complexity index is 875. The number of nitrogen functional groups attached to an aromatic ring is 1. The zero-order valence-corrected chi connectivity index (χ0v) is 10.0. The second-order valence-electron chi connectivity index (χ2n) is 3.72. The molecule has 0 fully saturated rings. The van der Waals surface area contributed by atoms with E-state index < -0.39 is 0 Å². The summed E-state index contributed by atoms with van der Waals surface area (Å²) in [6.07, 6.45) is 6.05. The van der Waals surface area contributed by atoms with Gasteiger partial charge in [-0.1, -0.05) is 0 Å². The maximum absolute atomic E-state index is 10.7. The van der Waals surface area contributed by atoms with Crippen molar-refractivity contribution >= 4 is 28.1 Å². The molecule has 0 unspecified atom stereocenters. The van der Waals surface area contributed by atoms with Crippen LogP contribution in [0.2, 0.25) is 0 Å². The molecule has 4 rings (SSSR count). The van der Waals surface area contributed by atoms with Gasteiger partial charge in [0.05, 0.1) is 12.5 Å². The van der Waals surface area contributed by atoms with Crippen molar-refractivity contribution in [2.24, 2.45) is 0 Å². The number of aromatic amines is 3. The van der Waals surface area contributed by atoms with Crippen LogP contribution in [-0.2, 0) is 0 Å². The van der Waals surface area contributed by atoms with E-state index in [4.69, 9.17) is 5.73 Å². The molecule has 20 heavy (non-hydrogen) atoms. The molecule has 0 aliphatic rings. The molecular formula is C10H9N9O. The van der Waals surface area contributed by atoms with Crippen molar-refractivity contribution in [2.75, 3.05) is 5.73 Å². The van der Waals surface area contributed by atoms with Crippen LogP contribution in [0, 0.1) is 0 Å². The quantitative estimate of drug-likeness (QED) is 0.338.